The first-order chi connectivity index (χ1) is 13.2. The number of urea groups is 1. The molecule has 8 heteroatoms. The molecule has 1 aromatic heterocycles. The Balaban J connectivity index is 1.52. The smallest absolute Gasteiger partial charge is 0.323 e. The summed E-state index contributed by atoms with van der Waals surface area (Å²) in [6.45, 7) is 0.303. The van der Waals surface area contributed by atoms with Crippen molar-refractivity contribution in [2.24, 2.45) is 0 Å². The molecule has 0 bridgehead atoms. The lowest BCUT2D eigenvalue weighted by Gasteiger charge is -2.10. The number of nitrogens with zero attached hydrogens (tertiary/aromatic N) is 2. The van der Waals surface area contributed by atoms with Gasteiger partial charge in [-0.3, -0.25) is 5.32 Å². The number of aromatic nitrogens is 2. The number of hydrogen-bond donors (Lipinski definition) is 2. The summed E-state index contributed by atoms with van der Waals surface area (Å²) in [7, 11) is 3.13. The maximum Gasteiger partial charge on any atom is 0.323 e. The molecule has 0 saturated heterocycles. The Morgan fingerprint density at radius 1 is 1.00 bits per heavy atom. The van der Waals surface area contributed by atoms with E-state index in [9.17, 15) is 4.79 Å². The number of rotatable bonds is 7. The zero-order valence-electron chi connectivity index (χ0n) is 15.1. The third-order valence-electron chi connectivity index (χ3n) is 3.79. The highest BCUT2D eigenvalue weighted by molar-refractivity contribution is 5.86. The molecule has 0 atom stereocenters. The van der Waals surface area contributed by atoms with E-state index < -0.39 is 6.03 Å². The molecule has 27 heavy (non-hydrogen) atoms. The van der Waals surface area contributed by atoms with Crippen molar-refractivity contribution in [3.05, 3.63) is 65.5 Å². The summed E-state index contributed by atoms with van der Waals surface area (Å²) in [5.41, 5.74) is 1.91. The summed E-state index contributed by atoms with van der Waals surface area (Å²) >= 11 is 0. The quantitative estimate of drug-likeness (QED) is 0.665. The fourth-order valence-electron chi connectivity index (χ4n) is 2.46. The van der Waals surface area contributed by atoms with Crippen molar-refractivity contribution in [1.29, 1.82) is 0 Å². The summed E-state index contributed by atoms with van der Waals surface area (Å²) in [6.07, 6.45) is 0.503. The molecule has 0 fully saturated rings. The third-order valence-corrected chi connectivity index (χ3v) is 3.79. The van der Waals surface area contributed by atoms with E-state index in [1.165, 1.54) is 0 Å². The van der Waals surface area contributed by atoms with Crippen molar-refractivity contribution >= 4 is 12.0 Å². The van der Waals surface area contributed by atoms with E-state index in [0.717, 1.165) is 11.1 Å². The number of nitrogens with one attached hydrogen (secondary N) is 2. The first-order valence-corrected chi connectivity index (χ1v) is 8.30. The van der Waals surface area contributed by atoms with Crippen LogP contribution in [0.5, 0.6) is 11.5 Å². The van der Waals surface area contributed by atoms with Crippen LogP contribution >= 0.6 is 0 Å². The fourth-order valence-corrected chi connectivity index (χ4v) is 2.46. The average molecular weight is 368 g/mol. The minimum atomic E-state index is -0.445. The van der Waals surface area contributed by atoms with Crippen LogP contribution in [-0.2, 0) is 13.0 Å². The van der Waals surface area contributed by atoms with Gasteiger partial charge in [-0.15, -0.1) is 5.10 Å². The van der Waals surface area contributed by atoms with Crippen LogP contribution in [0.1, 0.15) is 17.0 Å². The second-order valence-electron chi connectivity index (χ2n) is 5.66. The van der Waals surface area contributed by atoms with E-state index in [2.05, 4.69) is 20.8 Å². The molecule has 140 valence electrons. The first kappa shape index (κ1) is 18.2. The Labute approximate surface area is 156 Å². The van der Waals surface area contributed by atoms with Gasteiger partial charge < -0.3 is 19.2 Å². The highest BCUT2D eigenvalue weighted by Gasteiger charge is 2.11. The number of amides is 2. The van der Waals surface area contributed by atoms with Gasteiger partial charge in [-0.05, 0) is 23.3 Å². The van der Waals surface area contributed by atoms with Crippen LogP contribution in [0.25, 0.3) is 0 Å². The maximum atomic E-state index is 12.0. The zero-order chi connectivity index (χ0) is 19.1. The zero-order valence-corrected chi connectivity index (χ0v) is 15.1. The maximum absolute atomic E-state index is 12.0. The van der Waals surface area contributed by atoms with E-state index >= 15 is 0 Å². The van der Waals surface area contributed by atoms with Crippen molar-refractivity contribution in [3.63, 3.8) is 0 Å². The van der Waals surface area contributed by atoms with Gasteiger partial charge in [0.1, 0.15) is 0 Å². The summed E-state index contributed by atoms with van der Waals surface area (Å²) in [6, 6.07) is 14.8. The molecule has 0 aliphatic carbocycles. The van der Waals surface area contributed by atoms with Crippen LogP contribution in [0.2, 0.25) is 0 Å². The fraction of sp³-hybridized carbons (Fsp3) is 0.211. The number of carbonyl (C=O) groups excluding carboxylic acids is 1. The van der Waals surface area contributed by atoms with Crippen LogP contribution in [0.3, 0.4) is 0 Å². The topological polar surface area (TPSA) is 98.5 Å². The Morgan fingerprint density at radius 2 is 1.78 bits per heavy atom. The SMILES string of the molecule is COc1ccc(CNC(=O)Nc2nnc(Cc3ccccc3)o2)cc1OC. The normalized spacial score (nSPS) is 10.3. The minimum absolute atomic E-state index is 0.0470. The molecule has 0 unspecified atom stereocenters. The number of carbonyl (C=O) groups is 1. The van der Waals surface area contributed by atoms with Gasteiger partial charge in [0.05, 0.1) is 20.6 Å². The van der Waals surface area contributed by atoms with Crippen molar-refractivity contribution in [3.8, 4) is 11.5 Å². The molecule has 8 nitrogen and oxygen atoms in total. The first-order valence-electron chi connectivity index (χ1n) is 8.30. The lowest BCUT2D eigenvalue weighted by molar-refractivity contribution is 0.251. The molecular weight excluding hydrogens is 348 g/mol. The van der Waals surface area contributed by atoms with Gasteiger partial charge in [0.25, 0.3) is 0 Å². The number of methoxy groups -OCH3 is 2. The highest BCUT2D eigenvalue weighted by atomic mass is 16.5. The van der Waals surface area contributed by atoms with Crippen LogP contribution in [0.15, 0.2) is 52.9 Å². The molecule has 2 aromatic carbocycles. The Hall–Kier alpha value is -3.55. The molecule has 0 aliphatic heterocycles. The molecule has 0 saturated carbocycles. The number of benzene rings is 2. The van der Waals surface area contributed by atoms with E-state index in [1.807, 2.05) is 36.4 Å². The Kier molecular flexibility index (Phi) is 5.88. The van der Waals surface area contributed by atoms with Gasteiger partial charge in [-0.25, -0.2) is 4.79 Å². The monoisotopic (exact) mass is 368 g/mol. The summed E-state index contributed by atoms with van der Waals surface area (Å²) in [5.74, 6) is 1.65. The molecule has 0 spiro atoms. The Morgan fingerprint density at radius 3 is 2.52 bits per heavy atom. The van der Waals surface area contributed by atoms with Crippen molar-refractivity contribution in [2.45, 2.75) is 13.0 Å². The number of anilines is 1. The van der Waals surface area contributed by atoms with Gasteiger partial charge in [-0.2, -0.15) is 0 Å². The number of hydrogen-bond acceptors (Lipinski definition) is 6. The molecular formula is C19H20N4O4. The van der Waals surface area contributed by atoms with Crippen LogP contribution in [0.4, 0.5) is 10.8 Å². The van der Waals surface area contributed by atoms with Gasteiger partial charge in [0.15, 0.2) is 11.5 Å². The average Bonchev–Trinajstić information content (AvgIpc) is 3.13. The second kappa shape index (κ2) is 8.70. The van der Waals surface area contributed by atoms with Crippen LogP contribution in [0, 0.1) is 0 Å². The van der Waals surface area contributed by atoms with Gasteiger partial charge in [0.2, 0.25) is 5.89 Å². The molecule has 2 amide bonds. The molecule has 2 N–H and O–H groups in total. The van der Waals surface area contributed by atoms with Crippen molar-refractivity contribution in [1.82, 2.24) is 15.5 Å². The van der Waals surface area contributed by atoms with E-state index in [4.69, 9.17) is 13.9 Å². The predicted molar refractivity (Wildman–Crippen MR) is 99.0 cm³/mol. The van der Waals surface area contributed by atoms with Gasteiger partial charge >= 0.3 is 12.0 Å². The van der Waals surface area contributed by atoms with Crippen LogP contribution < -0.4 is 20.1 Å². The second-order valence-corrected chi connectivity index (χ2v) is 5.66. The minimum Gasteiger partial charge on any atom is -0.493 e. The lowest BCUT2D eigenvalue weighted by atomic mass is 10.2. The summed E-state index contributed by atoms with van der Waals surface area (Å²) < 4.78 is 15.9. The molecule has 1 heterocycles. The lowest BCUT2D eigenvalue weighted by Crippen LogP contribution is -2.28. The summed E-state index contributed by atoms with van der Waals surface area (Å²) in [4.78, 5) is 12.0. The molecule has 3 aromatic rings. The molecule has 0 aliphatic rings. The van der Waals surface area contributed by atoms with Crippen molar-refractivity contribution in [2.75, 3.05) is 19.5 Å². The molecule has 3 rings (SSSR count). The van der Waals surface area contributed by atoms with E-state index in [0.29, 0.717) is 30.4 Å². The standard InChI is InChI=1S/C19H20N4O4/c1-25-15-9-8-14(10-16(15)26-2)12-20-18(24)21-19-23-22-17(27-19)11-13-6-4-3-5-7-13/h3-10H,11-12H2,1-2H3,(H2,20,21,23,24). The molecule has 0 radical (unpaired) electrons. The summed E-state index contributed by atoms with van der Waals surface area (Å²) in [5, 5.41) is 13.0. The van der Waals surface area contributed by atoms with E-state index in [1.54, 1.807) is 26.4 Å². The van der Waals surface area contributed by atoms with Gasteiger partial charge in [-0.1, -0.05) is 41.5 Å². The van der Waals surface area contributed by atoms with E-state index in [-0.39, 0.29) is 6.01 Å². The largest absolute Gasteiger partial charge is 0.493 e. The van der Waals surface area contributed by atoms with Crippen LogP contribution in [-0.4, -0.2) is 30.4 Å². The number of ether oxygens (including phenoxy) is 2. The van der Waals surface area contributed by atoms with Gasteiger partial charge in [0, 0.05) is 6.54 Å². The highest BCUT2D eigenvalue weighted by Crippen LogP contribution is 2.27. The predicted octanol–water partition coefficient (Wildman–Crippen LogP) is 3.00. The van der Waals surface area contributed by atoms with Crippen molar-refractivity contribution < 1.29 is 18.7 Å². The Bertz CT molecular complexity index is 896. The third kappa shape index (κ3) is 4.97.